The average Bonchev–Trinajstić information content (AvgIpc) is 2.88. The summed E-state index contributed by atoms with van der Waals surface area (Å²) >= 11 is 0. The molecule has 7 heteroatoms. The quantitative estimate of drug-likeness (QED) is 0.371. The van der Waals surface area contributed by atoms with Crippen molar-refractivity contribution in [1.82, 2.24) is 0 Å². The van der Waals surface area contributed by atoms with Gasteiger partial charge in [-0.2, -0.15) is 10.2 Å². The van der Waals surface area contributed by atoms with Gasteiger partial charge in [-0.15, -0.1) is 0 Å². The topological polar surface area (TPSA) is 102 Å². The number of fused-ring (bicyclic) bond motifs is 1. The van der Waals surface area contributed by atoms with Crippen LogP contribution in [-0.4, -0.2) is 28.4 Å². The molecule has 2 aromatic rings. The molecule has 0 saturated carbocycles. The van der Waals surface area contributed by atoms with Gasteiger partial charge in [0.25, 0.3) is 5.69 Å². The summed E-state index contributed by atoms with van der Waals surface area (Å²) in [6.07, 6.45) is 1.42. The summed E-state index contributed by atoms with van der Waals surface area (Å²) < 4.78 is 0. The van der Waals surface area contributed by atoms with Gasteiger partial charge in [0.1, 0.15) is 11.7 Å². The molecular weight excluding hydrogens is 322 g/mol. The molecule has 1 atom stereocenters. The number of rotatable bonds is 4. The Morgan fingerprint density at radius 1 is 1.12 bits per heavy atom. The number of hydrogen-bond donors (Lipinski definition) is 0. The molecule has 0 saturated heterocycles. The lowest BCUT2D eigenvalue weighted by atomic mass is 9.99. The van der Waals surface area contributed by atoms with Gasteiger partial charge in [-0.25, -0.2) is 0 Å². The van der Waals surface area contributed by atoms with E-state index in [1.807, 2.05) is 0 Å². The zero-order chi connectivity index (χ0) is 18.0. The van der Waals surface area contributed by atoms with Gasteiger partial charge in [0, 0.05) is 23.3 Å². The molecule has 25 heavy (non-hydrogen) atoms. The van der Waals surface area contributed by atoms with Crippen molar-refractivity contribution in [2.24, 2.45) is 16.1 Å². The number of nitrogens with zero attached hydrogens (tertiary/aromatic N) is 3. The minimum atomic E-state index is -0.939. The third kappa shape index (κ3) is 3.12. The zero-order valence-electron chi connectivity index (χ0n) is 13.2. The first-order valence-electron chi connectivity index (χ1n) is 7.48. The Hall–Kier alpha value is -3.48. The molecule has 0 aliphatic heterocycles. The van der Waals surface area contributed by atoms with E-state index in [0.717, 1.165) is 0 Å². The Morgan fingerprint density at radius 3 is 2.36 bits per heavy atom. The van der Waals surface area contributed by atoms with Crippen molar-refractivity contribution in [3.05, 3.63) is 75.3 Å². The maximum atomic E-state index is 12.4. The molecule has 0 spiro atoms. The molecule has 0 fully saturated rings. The third-order valence-corrected chi connectivity index (χ3v) is 3.89. The van der Waals surface area contributed by atoms with Gasteiger partial charge >= 0.3 is 0 Å². The molecule has 124 valence electrons. The van der Waals surface area contributed by atoms with Crippen LogP contribution < -0.4 is 0 Å². The fourth-order valence-electron chi connectivity index (χ4n) is 2.69. The molecule has 1 aliphatic rings. The van der Waals surface area contributed by atoms with Crippen LogP contribution in [0.5, 0.6) is 0 Å². The van der Waals surface area contributed by atoms with Crippen molar-refractivity contribution in [3.8, 4) is 0 Å². The van der Waals surface area contributed by atoms with Crippen molar-refractivity contribution in [1.29, 1.82) is 0 Å². The zero-order valence-corrected chi connectivity index (χ0v) is 13.2. The van der Waals surface area contributed by atoms with Crippen LogP contribution in [0.15, 0.2) is 58.7 Å². The van der Waals surface area contributed by atoms with Crippen LogP contribution in [0.3, 0.4) is 0 Å². The van der Waals surface area contributed by atoms with E-state index < -0.39 is 10.8 Å². The summed E-state index contributed by atoms with van der Waals surface area (Å²) in [5, 5.41) is 18.7. The first-order chi connectivity index (χ1) is 12.0. The van der Waals surface area contributed by atoms with E-state index >= 15 is 0 Å². The molecule has 0 bridgehead atoms. The maximum absolute atomic E-state index is 12.4. The van der Waals surface area contributed by atoms with Gasteiger partial charge in [0.2, 0.25) is 0 Å². The standard InChI is InChI=1S/C18H13N3O4/c1-11(22)16-17(14-4-2-3-5-15(14)18(16)23)20-19-10-12-6-8-13(9-7-12)21(24)25/h2-10,16H,1H3/b19-10-,20-17+/t16-/m0/s1. The van der Waals surface area contributed by atoms with Crippen LogP contribution in [0.2, 0.25) is 0 Å². The molecule has 1 aliphatic carbocycles. The molecule has 0 N–H and O–H groups in total. The number of non-ortho nitro benzene ring substituents is 1. The Labute approximate surface area is 142 Å². The largest absolute Gasteiger partial charge is 0.299 e. The highest BCUT2D eigenvalue weighted by atomic mass is 16.6. The maximum Gasteiger partial charge on any atom is 0.269 e. The first kappa shape index (κ1) is 16.4. The molecular formula is C18H13N3O4. The predicted molar refractivity (Wildman–Crippen MR) is 92.2 cm³/mol. The van der Waals surface area contributed by atoms with E-state index in [0.29, 0.717) is 22.4 Å². The number of benzene rings is 2. The lowest BCUT2D eigenvalue weighted by molar-refractivity contribution is -0.384. The van der Waals surface area contributed by atoms with Gasteiger partial charge in [-0.1, -0.05) is 24.3 Å². The average molecular weight is 335 g/mol. The van der Waals surface area contributed by atoms with Crippen LogP contribution in [0.25, 0.3) is 0 Å². The van der Waals surface area contributed by atoms with Gasteiger partial charge in [0.15, 0.2) is 5.78 Å². The summed E-state index contributed by atoms with van der Waals surface area (Å²) in [6, 6.07) is 12.7. The predicted octanol–water partition coefficient (Wildman–Crippen LogP) is 2.82. The monoisotopic (exact) mass is 335 g/mol. The smallest absolute Gasteiger partial charge is 0.269 e. The number of ketones is 2. The summed E-state index contributed by atoms with van der Waals surface area (Å²) in [5.74, 6) is -1.50. The number of nitro benzene ring substituents is 1. The molecule has 0 unspecified atom stereocenters. The molecule has 3 rings (SSSR count). The fourth-order valence-corrected chi connectivity index (χ4v) is 2.69. The Bertz CT molecular complexity index is 930. The van der Waals surface area contributed by atoms with Gasteiger partial charge < -0.3 is 0 Å². The second kappa shape index (κ2) is 6.56. The van der Waals surface area contributed by atoms with Gasteiger partial charge in [-0.3, -0.25) is 19.7 Å². The Morgan fingerprint density at radius 2 is 1.76 bits per heavy atom. The molecule has 7 nitrogen and oxygen atoms in total. The van der Waals surface area contributed by atoms with Gasteiger partial charge in [0.05, 0.1) is 16.8 Å². The van der Waals surface area contributed by atoms with Crippen molar-refractivity contribution in [2.75, 3.05) is 0 Å². The van der Waals surface area contributed by atoms with Crippen LogP contribution in [0.4, 0.5) is 5.69 Å². The Kier molecular flexibility index (Phi) is 4.30. The van der Waals surface area contributed by atoms with E-state index in [4.69, 9.17) is 0 Å². The lowest BCUT2D eigenvalue weighted by Gasteiger charge is -2.03. The van der Waals surface area contributed by atoms with Crippen LogP contribution >= 0.6 is 0 Å². The highest BCUT2D eigenvalue weighted by Crippen LogP contribution is 2.28. The first-order valence-corrected chi connectivity index (χ1v) is 7.48. The van der Waals surface area contributed by atoms with Gasteiger partial charge in [-0.05, 0) is 24.6 Å². The minimum Gasteiger partial charge on any atom is -0.299 e. The number of Topliss-reactive ketones (excluding diaryl/α,β-unsaturated/α-hetero) is 2. The fraction of sp³-hybridized carbons (Fsp3) is 0.111. The summed E-state index contributed by atoms with van der Waals surface area (Å²) in [4.78, 5) is 34.4. The summed E-state index contributed by atoms with van der Waals surface area (Å²) in [5.41, 5.74) is 1.99. The lowest BCUT2D eigenvalue weighted by Crippen LogP contribution is -2.23. The summed E-state index contributed by atoms with van der Waals surface area (Å²) in [6.45, 7) is 1.35. The third-order valence-electron chi connectivity index (χ3n) is 3.89. The van der Waals surface area contributed by atoms with Crippen LogP contribution in [-0.2, 0) is 4.79 Å². The normalized spacial score (nSPS) is 17.9. The Balaban J connectivity index is 1.92. The van der Waals surface area contributed by atoms with Crippen molar-refractivity contribution in [3.63, 3.8) is 0 Å². The SMILES string of the molecule is CC(=O)[C@@H]1C(=O)c2ccccc2/C1=N\N=C/c1ccc([N+](=O)[O-])cc1. The van der Waals surface area contributed by atoms with E-state index in [2.05, 4.69) is 10.2 Å². The number of nitro groups is 1. The van der Waals surface area contributed by atoms with Crippen molar-refractivity contribution < 1.29 is 14.5 Å². The van der Waals surface area contributed by atoms with Crippen molar-refractivity contribution in [2.45, 2.75) is 6.92 Å². The van der Waals surface area contributed by atoms with Crippen LogP contribution in [0.1, 0.15) is 28.4 Å². The van der Waals surface area contributed by atoms with E-state index in [1.54, 1.807) is 24.3 Å². The second-order valence-corrected chi connectivity index (χ2v) is 5.53. The highest BCUT2D eigenvalue weighted by molar-refractivity contribution is 6.36. The number of carbonyl (C=O) groups excluding carboxylic acids is 2. The van der Waals surface area contributed by atoms with E-state index in [-0.39, 0.29) is 17.3 Å². The van der Waals surface area contributed by atoms with Crippen molar-refractivity contribution >= 4 is 29.2 Å². The van der Waals surface area contributed by atoms with Crippen LogP contribution in [0, 0.1) is 16.0 Å². The van der Waals surface area contributed by atoms with E-state index in [1.165, 1.54) is 37.4 Å². The minimum absolute atomic E-state index is 0.0181. The molecule has 0 heterocycles. The van der Waals surface area contributed by atoms with E-state index in [9.17, 15) is 19.7 Å². The number of hydrogen-bond acceptors (Lipinski definition) is 6. The molecule has 0 amide bonds. The molecule has 0 radical (unpaired) electrons. The highest BCUT2D eigenvalue weighted by Gasteiger charge is 2.39. The summed E-state index contributed by atoms with van der Waals surface area (Å²) in [7, 11) is 0. The second-order valence-electron chi connectivity index (χ2n) is 5.53. The molecule has 2 aromatic carbocycles. The number of carbonyl (C=O) groups is 2. The molecule has 0 aromatic heterocycles.